The molecule has 0 rings (SSSR count). The Bertz CT molecular complexity index is 122. The molecule has 0 unspecified atom stereocenters. The molecule has 3 heteroatoms. The van der Waals surface area contributed by atoms with Gasteiger partial charge in [-0.05, 0) is 6.42 Å². The predicted molar refractivity (Wildman–Crippen MR) is 57.1 cm³/mol. The van der Waals surface area contributed by atoms with Crippen molar-refractivity contribution >= 4 is 0 Å². The second-order valence-corrected chi connectivity index (χ2v) is 4.06. The average molecular weight is 204 g/mol. The Hall–Kier alpha value is -0.120. The summed E-state index contributed by atoms with van der Waals surface area (Å²) in [5.41, 5.74) is -1.26. The van der Waals surface area contributed by atoms with Crippen LogP contribution in [0.3, 0.4) is 0 Å². The van der Waals surface area contributed by atoms with E-state index in [2.05, 4.69) is 6.92 Å². The molecule has 0 aromatic carbocycles. The van der Waals surface area contributed by atoms with Gasteiger partial charge in [-0.3, -0.25) is 0 Å². The van der Waals surface area contributed by atoms with Gasteiger partial charge in [0, 0.05) is 0 Å². The monoisotopic (exact) mass is 204 g/mol. The van der Waals surface area contributed by atoms with Gasteiger partial charge in [0.05, 0.1) is 13.2 Å². The van der Waals surface area contributed by atoms with Gasteiger partial charge >= 0.3 is 0 Å². The molecule has 0 bridgehead atoms. The highest BCUT2D eigenvalue weighted by atomic mass is 16.4. The molecule has 0 spiro atoms. The number of rotatable bonds is 9. The van der Waals surface area contributed by atoms with E-state index in [9.17, 15) is 5.11 Å². The number of aliphatic hydroxyl groups is 3. The molecule has 0 saturated carbocycles. The van der Waals surface area contributed by atoms with Gasteiger partial charge in [-0.15, -0.1) is 0 Å². The number of unbranched alkanes of at least 4 members (excludes halogenated alkanes) is 5. The zero-order chi connectivity index (χ0) is 10.9. The van der Waals surface area contributed by atoms with E-state index in [1.54, 1.807) is 0 Å². The fraction of sp³-hybridized carbons (Fsp3) is 1.00. The van der Waals surface area contributed by atoms with E-state index >= 15 is 0 Å². The molecule has 0 atom stereocenters. The Morgan fingerprint density at radius 2 is 1.36 bits per heavy atom. The Labute approximate surface area is 86.8 Å². The van der Waals surface area contributed by atoms with E-state index in [1.165, 1.54) is 25.7 Å². The molecule has 0 radical (unpaired) electrons. The molecule has 0 heterocycles. The van der Waals surface area contributed by atoms with Crippen molar-refractivity contribution in [2.24, 2.45) is 0 Å². The van der Waals surface area contributed by atoms with Gasteiger partial charge in [0.25, 0.3) is 0 Å². The van der Waals surface area contributed by atoms with Gasteiger partial charge in [-0.2, -0.15) is 0 Å². The highest BCUT2D eigenvalue weighted by Crippen LogP contribution is 2.15. The number of hydrogen-bond donors (Lipinski definition) is 3. The minimum absolute atomic E-state index is 0.349. The van der Waals surface area contributed by atoms with Crippen molar-refractivity contribution in [3.8, 4) is 0 Å². The average Bonchev–Trinajstić information content (AvgIpc) is 2.23. The fourth-order valence-electron chi connectivity index (χ4n) is 1.44. The minimum atomic E-state index is -1.26. The van der Waals surface area contributed by atoms with E-state index in [0.29, 0.717) is 6.42 Å². The van der Waals surface area contributed by atoms with Crippen LogP contribution in [0.2, 0.25) is 0 Å². The van der Waals surface area contributed by atoms with Crippen molar-refractivity contribution in [2.45, 2.75) is 57.5 Å². The van der Waals surface area contributed by atoms with Crippen LogP contribution in [0.15, 0.2) is 0 Å². The highest BCUT2D eigenvalue weighted by Gasteiger charge is 2.23. The Kier molecular flexibility index (Phi) is 8.14. The summed E-state index contributed by atoms with van der Waals surface area (Å²) in [6.45, 7) is 1.48. The van der Waals surface area contributed by atoms with Crippen LogP contribution in [0.5, 0.6) is 0 Å². The summed E-state index contributed by atoms with van der Waals surface area (Å²) in [5.74, 6) is 0. The third-order valence-electron chi connectivity index (χ3n) is 2.58. The van der Waals surface area contributed by atoms with Gasteiger partial charge in [0.1, 0.15) is 5.60 Å². The van der Waals surface area contributed by atoms with Gasteiger partial charge in [0.15, 0.2) is 0 Å². The molecule has 0 aliphatic carbocycles. The lowest BCUT2D eigenvalue weighted by Crippen LogP contribution is -2.37. The summed E-state index contributed by atoms with van der Waals surface area (Å²) >= 11 is 0. The number of hydrogen-bond acceptors (Lipinski definition) is 3. The second-order valence-electron chi connectivity index (χ2n) is 4.06. The lowest BCUT2D eigenvalue weighted by Gasteiger charge is -2.22. The van der Waals surface area contributed by atoms with Crippen molar-refractivity contribution in [2.75, 3.05) is 13.2 Å². The van der Waals surface area contributed by atoms with Crippen molar-refractivity contribution < 1.29 is 15.3 Å². The Balaban J connectivity index is 3.34. The molecule has 3 N–H and O–H groups in total. The van der Waals surface area contributed by atoms with Gasteiger partial charge in [0.2, 0.25) is 0 Å². The van der Waals surface area contributed by atoms with Gasteiger partial charge in [-0.1, -0.05) is 45.4 Å². The van der Waals surface area contributed by atoms with Crippen LogP contribution in [0.25, 0.3) is 0 Å². The van der Waals surface area contributed by atoms with Crippen LogP contribution >= 0.6 is 0 Å². The molecule has 0 aliphatic heterocycles. The standard InChI is InChI=1S/C11H24O3/c1-2-3-4-5-6-7-8-11(14,9-12)10-13/h12-14H,2-10H2,1H3. The fourth-order valence-corrected chi connectivity index (χ4v) is 1.44. The molecule has 86 valence electrons. The SMILES string of the molecule is CCCCCCCCC(O)(CO)CO. The largest absolute Gasteiger partial charge is 0.393 e. The topological polar surface area (TPSA) is 60.7 Å². The first-order valence-electron chi connectivity index (χ1n) is 5.62. The third kappa shape index (κ3) is 6.35. The highest BCUT2D eigenvalue weighted by molar-refractivity contribution is 4.75. The van der Waals surface area contributed by atoms with E-state index in [-0.39, 0.29) is 13.2 Å². The molecule has 3 nitrogen and oxygen atoms in total. The van der Waals surface area contributed by atoms with Crippen LogP contribution in [-0.4, -0.2) is 34.1 Å². The summed E-state index contributed by atoms with van der Waals surface area (Å²) in [5, 5.41) is 27.2. The maximum atomic E-state index is 9.53. The molecule has 14 heavy (non-hydrogen) atoms. The lowest BCUT2D eigenvalue weighted by molar-refractivity contribution is -0.0616. The maximum Gasteiger partial charge on any atom is 0.111 e. The first kappa shape index (κ1) is 13.9. The summed E-state index contributed by atoms with van der Waals surface area (Å²) in [4.78, 5) is 0. The summed E-state index contributed by atoms with van der Waals surface area (Å²) < 4.78 is 0. The first-order valence-corrected chi connectivity index (χ1v) is 5.62. The third-order valence-corrected chi connectivity index (χ3v) is 2.58. The van der Waals surface area contributed by atoms with E-state index in [0.717, 1.165) is 12.8 Å². The Morgan fingerprint density at radius 3 is 1.86 bits per heavy atom. The van der Waals surface area contributed by atoms with E-state index < -0.39 is 5.60 Å². The van der Waals surface area contributed by atoms with Gasteiger partial charge in [-0.25, -0.2) is 0 Å². The molecule has 0 aromatic rings. The van der Waals surface area contributed by atoms with Crippen LogP contribution in [0, 0.1) is 0 Å². The molecular formula is C11H24O3. The zero-order valence-electron chi connectivity index (χ0n) is 9.21. The summed E-state index contributed by atoms with van der Waals surface area (Å²) in [6.07, 6.45) is 7.37. The normalized spacial score (nSPS) is 12.0. The molecule has 0 amide bonds. The van der Waals surface area contributed by atoms with Crippen LogP contribution in [0.4, 0.5) is 0 Å². The van der Waals surface area contributed by atoms with E-state index in [1.807, 2.05) is 0 Å². The van der Waals surface area contributed by atoms with Gasteiger partial charge < -0.3 is 15.3 Å². The van der Waals surface area contributed by atoms with Crippen molar-refractivity contribution in [1.82, 2.24) is 0 Å². The van der Waals surface area contributed by atoms with Crippen LogP contribution in [-0.2, 0) is 0 Å². The van der Waals surface area contributed by atoms with E-state index in [4.69, 9.17) is 10.2 Å². The smallest absolute Gasteiger partial charge is 0.111 e. The molecular weight excluding hydrogens is 180 g/mol. The second kappa shape index (κ2) is 8.21. The molecule has 0 aromatic heterocycles. The van der Waals surface area contributed by atoms with Crippen LogP contribution < -0.4 is 0 Å². The molecule has 0 aliphatic rings. The van der Waals surface area contributed by atoms with Crippen molar-refractivity contribution in [3.63, 3.8) is 0 Å². The molecule has 0 saturated heterocycles. The summed E-state index contributed by atoms with van der Waals surface area (Å²) in [7, 11) is 0. The zero-order valence-corrected chi connectivity index (χ0v) is 9.21. The molecule has 0 fully saturated rings. The Morgan fingerprint density at radius 1 is 0.857 bits per heavy atom. The first-order chi connectivity index (χ1) is 6.68. The van der Waals surface area contributed by atoms with Crippen LogP contribution in [0.1, 0.15) is 51.9 Å². The minimum Gasteiger partial charge on any atom is -0.393 e. The van der Waals surface area contributed by atoms with Crippen molar-refractivity contribution in [3.05, 3.63) is 0 Å². The van der Waals surface area contributed by atoms with Crippen molar-refractivity contribution in [1.29, 1.82) is 0 Å². The predicted octanol–water partition coefficient (Wildman–Crippen LogP) is 1.45. The summed E-state index contributed by atoms with van der Waals surface area (Å²) in [6, 6.07) is 0. The maximum absolute atomic E-state index is 9.53. The quantitative estimate of drug-likeness (QED) is 0.498. The number of aliphatic hydroxyl groups excluding tert-OH is 2. The lowest BCUT2D eigenvalue weighted by atomic mass is 9.97.